The fraction of sp³-hybridized carbons (Fsp3) is 0.588. The fourth-order valence-corrected chi connectivity index (χ4v) is 3.18. The molecular formula is C17H26N2O2. The van der Waals surface area contributed by atoms with Crippen molar-refractivity contribution in [1.82, 2.24) is 4.90 Å². The normalized spacial score (nSPS) is 17.1. The molecule has 0 unspecified atom stereocenters. The van der Waals surface area contributed by atoms with E-state index in [1.165, 1.54) is 0 Å². The Morgan fingerprint density at radius 1 is 1.24 bits per heavy atom. The van der Waals surface area contributed by atoms with Gasteiger partial charge in [0.15, 0.2) is 0 Å². The summed E-state index contributed by atoms with van der Waals surface area (Å²) in [6, 6.07) is 9.73. The lowest BCUT2D eigenvalue weighted by Crippen LogP contribution is -2.45. The Bertz CT molecular complexity index is 455. The zero-order chi connectivity index (χ0) is 15.3. The molecule has 1 aliphatic rings. The molecule has 0 heterocycles. The summed E-state index contributed by atoms with van der Waals surface area (Å²) < 4.78 is 0. The Kier molecular flexibility index (Phi) is 5.37. The zero-order valence-electron chi connectivity index (χ0n) is 13.1. The van der Waals surface area contributed by atoms with Crippen molar-refractivity contribution >= 4 is 11.6 Å². The highest BCUT2D eigenvalue weighted by molar-refractivity contribution is 5.94. The SMILES string of the molecule is CCN(C(=O)CN(C)CC1(O)CCCC1)c1ccccc1. The Balaban J connectivity index is 1.93. The van der Waals surface area contributed by atoms with Crippen molar-refractivity contribution in [1.29, 1.82) is 0 Å². The molecule has 4 heteroatoms. The van der Waals surface area contributed by atoms with Gasteiger partial charge in [0, 0.05) is 18.8 Å². The molecule has 1 aromatic rings. The average molecular weight is 290 g/mol. The molecule has 21 heavy (non-hydrogen) atoms. The molecule has 0 atom stereocenters. The van der Waals surface area contributed by atoms with Gasteiger partial charge in [-0.3, -0.25) is 9.69 Å². The van der Waals surface area contributed by atoms with Gasteiger partial charge in [-0.1, -0.05) is 31.0 Å². The molecular weight excluding hydrogens is 264 g/mol. The molecule has 0 aromatic heterocycles. The molecule has 0 bridgehead atoms. The van der Waals surface area contributed by atoms with Gasteiger partial charge in [-0.2, -0.15) is 0 Å². The average Bonchev–Trinajstić information content (AvgIpc) is 2.86. The molecule has 1 aliphatic carbocycles. The standard InChI is InChI=1S/C17H26N2O2/c1-3-19(15-9-5-4-6-10-15)16(20)13-18(2)14-17(21)11-7-8-12-17/h4-6,9-10,21H,3,7-8,11-14H2,1-2H3. The van der Waals surface area contributed by atoms with E-state index in [0.717, 1.165) is 31.4 Å². The lowest BCUT2D eigenvalue weighted by molar-refractivity contribution is -0.120. The number of hydrogen-bond donors (Lipinski definition) is 1. The van der Waals surface area contributed by atoms with Crippen molar-refractivity contribution in [2.24, 2.45) is 0 Å². The van der Waals surface area contributed by atoms with Crippen molar-refractivity contribution < 1.29 is 9.90 Å². The highest BCUT2D eigenvalue weighted by Crippen LogP contribution is 2.29. The first kappa shape index (κ1) is 16.0. The molecule has 0 spiro atoms. The molecule has 1 N–H and O–H groups in total. The minimum absolute atomic E-state index is 0.0767. The summed E-state index contributed by atoms with van der Waals surface area (Å²) in [7, 11) is 1.91. The highest BCUT2D eigenvalue weighted by Gasteiger charge is 2.32. The van der Waals surface area contributed by atoms with Crippen LogP contribution >= 0.6 is 0 Å². The summed E-state index contributed by atoms with van der Waals surface area (Å²) in [5.41, 5.74) is 0.330. The van der Waals surface area contributed by atoms with Crippen LogP contribution in [0.5, 0.6) is 0 Å². The smallest absolute Gasteiger partial charge is 0.241 e. The van der Waals surface area contributed by atoms with E-state index in [0.29, 0.717) is 19.6 Å². The number of carbonyl (C=O) groups is 1. The van der Waals surface area contributed by atoms with Gasteiger partial charge in [-0.15, -0.1) is 0 Å². The molecule has 1 aromatic carbocycles. The van der Waals surface area contributed by atoms with Gasteiger partial charge in [0.25, 0.3) is 0 Å². The first-order valence-electron chi connectivity index (χ1n) is 7.80. The Morgan fingerprint density at radius 3 is 2.43 bits per heavy atom. The third kappa shape index (κ3) is 4.29. The van der Waals surface area contributed by atoms with Crippen molar-refractivity contribution in [2.45, 2.75) is 38.2 Å². The molecule has 1 saturated carbocycles. The van der Waals surface area contributed by atoms with Crippen LogP contribution in [0.4, 0.5) is 5.69 Å². The Labute approximate surface area is 127 Å². The highest BCUT2D eigenvalue weighted by atomic mass is 16.3. The number of likely N-dealkylation sites (N-methyl/N-ethyl adjacent to an activating group) is 2. The van der Waals surface area contributed by atoms with Crippen LogP contribution in [0.25, 0.3) is 0 Å². The van der Waals surface area contributed by atoms with Gasteiger partial charge in [-0.05, 0) is 38.9 Å². The van der Waals surface area contributed by atoms with Gasteiger partial charge >= 0.3 is 0 Å². The molecule has 1 amide bonds. The van der Waals surface area contributed by atoms with E-state index in [1.807, 2.05) is 49.2 Å². The summed E-state index contributed by atoms with van der Waals surface area (Å²) in [5.74, 6) is 0.0767. The first-order chi connectivity index (χ1) is 10.0. The van der Waals surface area contributed by atoms with Crippen molar-refractivity contribution in [3.05, 3.63) is 30.3 Å². The maximum atomic E-state index is 12.5. The van der Waals surface area contributed by atoms with E-state index in [-0.39, 0.29) is 5.91 Å². The number of nitrogens with zero attached hydrogens (tertiary/aromatic N) is 2. The number of benzene rings is 1. The summed E-state index contributed by atoms with van der Waals surface area (Å²) in [5, 5.41) is 10.4. The number of amides is 1. The minimum Gasteiger partial charge on any atom is -0.389 e. The second-order valence-electron chi connectivity index (χ2n) is 6.08. The predicted molar refractivity (Wildman–Crippen MR) is 85.4 cm³/mol. The van der Waals surface area contributed by atoms with E-state index in [1.54, 1.807) is 4.90 Å². The lowest BCUT2D eigenvalue weighted by Gasteiger charge is -2.30. The van der Waals surface area contributed by atoms with Crippen LogP contribution in [0.1, 0.15) is 32.6 Å². The number of para-hydroxylation sites is 1. The summed E-state index contributed by atoms with van der Waals surface area (Å²) in [6.07, 6.45) is 3.87. The minimum atomic E-state index is -0.598. The monoisotopic (exact) mass is 290 g/mol. The molecule has 0 radical (unpaired) electrons. The first-order valence-corrected chi connectivity index (χ1v) is 7.80. The van der Waals surface area contributed by atoms with Crippen LogP contribution in [-0.4, -0.2) is 48.2 Å². The summed E-state index contributed by atoms with van der Waals surface area (Å²) in [4.78, 5) is 16.2. The van der Waals surface area contributed by atoms with Crippen molar-refractivity contribution in [3.8, 4) is 0 Å². The predicted octanol–water partition coefficient (Wildman–Crippen LogP) is 2.28. The van der Waals surface area contributed by atoms with Gasteiger partial charge in [-0.25, -0.2) is 0 Å². The zero-order valence-corrected chi connectivity index (χ0v) is 13.1. The van der Waals surface area contributed by atoms with Crippen LogP contribution in [0, 0.1) is 0 Å². The molecule has 116 valence electrons. The number of carbonyl (C=O) groups excluding carboxylic acids is 1. The molecule has 2 rings (SSSR count). The van der Waals surface area contributed by atoms with Crippen molar-refractivity contribution in [2.75, 3.05) is 31.6 Å². The molecule has 4 nitrogen and oxygen atoms in total. The second-order valence-corrected chi connectivity index (χ2v) is 6.08. The van der Waals surface area contributed by atoms with Crippen LogP contribution in [0.3, 0.4) is 0 Å². The van der Waals surface area contributed by atoms with Gasteiger partial charge < -0.3 is 10.0 Å². The summed E-state index contributed by atoms with van der Waals surface area (Å²) >= 11 is 0. The number of aliphatic hydroxyl groups is 1. The maximum Gasteiger partial charge on any atom is 0.241 e. The fourth-order valence-electron chi connectivity index (χ4n) is 3.18. The van der Waals surface area contributed by atoms with E-state index >= 15 is 0 Å². The Hall–Kier alpha value is -1.39. The van der Waals surface area contributed by atoms with Crippen LogP contribution in [0.2, 0.25) is 0 Å². The Morgan fingerprint density at radius 2 is 1.86 bits per heavy atom. The topological polar surface area (TPSA) is 43.8 Å². The quantitative estimate of drug-likeness (QED) is 0.874. The van der Waals surface area contributed by atoms with E-state index in [2.05, 4.69) is 0 Å². The van der Waals surface area contributed by atoms with Crippen molar-refractivity contribution in [3.63, 3.8) is 0 Å². The van der Waals surface area contributed by atoms with Crippen LogP contribution < -0.4 is 4.90 Å². The van der Waals surface area contributed by atoms with E-state index < -0.39 is 5.60 Å². The molecule has 0 aliphatic heterocycles. The number of hydrogen-bond acceptors (Lipinski definition) is 3. The number of anilines is 1. The third-order valence-electron chi connectivity index (χ3n) is 4.19. The number of rotatable bonds is 6. The molecule has 0 saturated heterocycles. The van der Waals surface area contributed by atoms with Gasteiger partial charge in [0.05, 0.1) is 12.1 Å². The van der Waals surface area contributed by atoms with E-state index in [9.17, 15) is 9.90 Å². The third-order valence-corrected chi connectivity index (χ3v) is 4.19. The largest absolute Gasteiger partial charge is 0.389 e. The second kappa shape index (κ2) is 7.05. The van der Waals surface area contributed by atoms with Gasteiger partial charge in [0.1, 0.15) is 0 Å². The van der Waals surface area contributed by atoms with Crippen LogP contribution in [-0.2, 0) is 4.79 Å². The van der Waals surface area contributed by atoms with Gasteiger partial charge in [0.2, 0.25) is 5.91 Å². The maximum absolute atomic E-state index is 12.5. The van der Waals surface area contributed by atoms with E-state index in [4.69, 9.17) is 0 Å². The van der Waals surface area contributed by atoms with Crippen LogP contribution in [0.15, 0.2) is 30.3 Å². The lowest BCUT2D eigenvalue weighted by atomic mass is 10.0. The summed E-state index contributed by atoms with van der Waals surface area (Å²) in [6.45, 7) is 3.55. The molecule has 1 fully saturated rings.